The zero-order valence-corrected chi connectivity index (χ0v) is 16.9. The van der Waals surface area contributed by atoms with Crippen LogP contribution in [0.1, 0.15) is 35.1 Å². The number of hydrogen-bond acceptors (Lipinski definition) is 4. The fourth-order valence-corrected chi connectivity index (χ4v) is 5.14. The summed E-state index contributed by atoms with van der Waals surface area (Å²) in [7, 11) is 4.29. The predicted octanol–water partition coefficient (Wildman–Crippen LogP) is 4.50. The number of oxazole rings is 1. The third-order valence-corrected chi connectivity index (χ3v) is 6.60. The Hall–Kier alpha value is -2.50. The smallest absolute Gasteiger partial charge is 0.225 e. The van der Waals surface area contributed by atoms with Crippen LogP contribution in [0.3, 0.4) is 0 Å². The van der Waals surface area contributed by atoms with Gasteiger partial charge in [0, 0.05) is 42.2 Å². The van der Waals surface area contributed by atoms with Crippen molar-refractivity contribution in [2.45, 2.75) is 30.8 Å². The van der Waals surface area contributed by atoms with E-state index in [9.17, 15) is 4.39 Å². The molecule has 0 bridgehead atoms. The Labute approximate surface area is 171 Å². The van der Waals surface area contributed by atoms with Gasteiger partial charge in [-0.3, -0.25) is 4.90 Å². The summed E-state index contributed by atoms with van der Waals surface area (Å²) < 4.78 is 20.0. The minimum Gasteiger partial charge on any atom is -0.445 e. The monoisotopic (exact) mass is 391 g/mol. The molecule has 0 N–H and O–H groups in total. The molecule has 3 aromatic rings. The zero-order chi connectivity index (χ0) is 20.0. The molecule has 4 nitrogen and oxygen atoms in total. The van der Waals surface area contributed by atoms with Crippen molar-refractivity contribution in [3.8, 4) is 11.5 Å². The van der Waals surface area contributed by atoms with Gasteiger partial charge >= 0.3 is 0 Å². The number of benzene rings is 2. The van der Waals surface area contributed by atoms with Gasteiger partial charge in [-0.05, 0) is 56.3 Å². The Morgan fingerprint density at radius 1 is 1.10 bits per heavy atom. The second kappa shape index (κ2) is 7.39. The summed E-state index contributed by atoms with van der Waals surface area (Å²) in [6.07, 6.45) is 5.24. The van der Waals surface area contributed by atoms with E-state index in [2.05, 4.69) is 59.2 Å². The predicted molar refractivity (Wildman–Crippen MR) is 111 cm³/mol. The maximum Gasteiger partial charge on any atom is 0.225 e. The first-order valence-corrected chi connectivity index (χ1v) is 10.3. The third-order valence-electron chi connectivity index (χ3n) is 6.60. The number of nitrogens with zero attached hydrogens (tertiary/aromatic N) is 3. The van der Waals surface area contributed by atoms with Crippen LogP contribution in [0, 0.1) is 5.82 Å². The Balaban J connectivity index is 1.41. The first-order valence-electron chi connectivity index (χ1n) is 10.3. The van der Waals surface area contributed by atoms with Crippen LogP contribution in [0.2, 0.25) is 0 Å². The summed E-state index contributed by atoms with van der Waals surface area (Å²) in [5.41, 5.74) is 4.40. The molecule has 1 aromatic heterocycles. The maximum absolute atomic E-state index is 14.6. The molecule has 150 valence electrons. The van der Waals surface area contributed by atoms with Crippen molar-refractivity contribution in [1.29, 1.82) is 0 Å². The van der Waals surface area contributed by atoms with Crippen LogP contribution < -0.4 is 0 Å². The molecular weight excluding hydrogens is 365 g/mol. The van der Waals surface area contributed by atoms with E-state index in [1.807, 2.05) is 6.07 Å². The summed E-state index contributed by atoms with van der Waals surface area (Å²) in [6, 6.07) is 14.7. The molecule has 0 radical (unpaired) electrons. The highest BCUT2D eigenvalue weighted by molar-refractivity contribution is 5.53. The van der Waals surface area contributed by atoms with Gasteiger partial charge in [0.05, 0.1) is 6.20 Å². The van der Waals surface area contributed by atoms with E-state index in [4.69, 9.17) is 4.42 Å². The van der Waals surface area contributed by atoms with Gasteiger partial charge in [0.25, 0.3) is 0 Å². The van der Waals surface area contributed by atoms with E-state index < -0.39 is 0 Å². The molecule has 0 saturated carbocycles. The fraction of sp³-hybridized carbons (Fsp3) is 0.375. The molecule has 5 rings (SSSR count). The van der Waals surface area contributed by atoms with E-state index in [0.29, 0.717) is 17.9 Å². The van der Waals surface area contributed by atoms with Crippen LogP contribution in [-0.2, 0) is 6.42 Å². The number of halogens is 1. The number of fused-ring (bicyclic) bond motifs is 1. The molecule has 0 spiro atoms. The number of likely N-dealkylation sites (N-methyl/N-ethyl adjacent to an activating group) is 1. The van der Waals surface area contributed by atoms with Crippen LogP contribution >= 0.6 is 0 Å². The number of likely N-dealkylation sites (tertiary alicyclic amines) is 1. The summed E-state index contributed by atoms with van der Waals surface area (Å²) >= 11 is 0. The lowest BCUT2D eigenvalue weighted by molar-refractivity contribution is 0.213. The topological polar surface area (TPSA) is 32.5 Å². The molecule has 29 heavy (non-hydrogen) atoms. The van der Waals surface area contributed by atoms with E-state index in [0.717, 1.165) is 37.1 Å². The average molecular weight is 391 g/mol. The molecule has 2 aliphatic rings. The molecule has 5 heteroatoms. The number of aromatic nitrogens is 1. The second-order valence-corrected chi connectivity index (χ2v) is 8.42. The Bertz CT molecular complexity index is 984. The molecule has 1 aliphatic heterocycles. The van der Waals surface area contributed by atoms with E-state index in [-0.39, 0.29) is 11.9 Å². The lowest BCUT2D eigenvalue weighted by Gasteiger charge is -2.26. The Morgan fingerprint density at radius 2 is 1.93 bits per heavy atom. The summed E-state index contributed by atoms with van der Waals surface area (Å²) in [5, 5.41) is 0. The second-order valence-electron chi connectivity index (χ2n) is 8.42. The van der Waals surface area contributed by atoms with Gasteiger partial charge in [-0.1, -0.05) is 24.3 Å². The van der Waals surface area contributed by atoms with Crippen LogP contribution in [0.25, 0.3) is 11.5 Å². The summed E-state index contributed by atoms with van der Waals surface area (Å²) in [4.78, 5) is 9.03. The molecule has 0 amide bonds. The van der Waals surface area contributed by atoms with Crippen molar-refractivity contribution in [2.75, 3.05) is 27.2 Å². The van der Waals surface area contributed by atoms with Crippen LogP contribution in [-0.4, -0.2) is 48.0 Å². The zero-order valence-electron chi connectivity index (χ0n) is 16.9. The standard InChI is InChI=1S/C24H26FN3O/c1-27(2)22-15-28(21-11-10-17-4-3-5-20(25)23(17)21)14-19(22)16-6-8-18(9-7-16)24-26-12-13-29-24/h3-9,12-13,19,21-22H,10-11,14-15H2,1-2H3/t19-,21?,22+/m0/s1. The van der Waals surface area contributed by atoms with Crippen molar-refractivity contribution in [3.63, 3.8) is 0 Å². The van der Waals surface area contributed by atoms with Gasteiger partial charge in [-0.15, -0.1) is 0 Å². The van der Waals surface area contributed by atoms with E-state index in [1.165, 1.54) is 11.1 Å². The maximum atomic E-state index is 14.6. The Morgan fingerprint density at radius 3 is 2.66 bits per heavy atom. The summed E-state index contributed by atoms with van der Waals surface area (Å²) in [5.74, 6) is 0.983. The molecule has 1 unspecified atom stereocenters. The minimum atomic E-state index is -0.0508. The van der Waals surface area contributed by atoms with Gasteiger partial charge < -0.3 is 9.32 Å². The highest BCUT2D eigenvalue weighted by atomic mass is 19.1. The van der Waals surface area contributed by atoms with E-state index in [1.54, 1.807) is 18.5 Å². The van der Waals surface area contributed by atoms with Gasteiger partial charge in [0.2, 0.25) is 5.89 Å². The quantitative estimate of drug-likeness (QED) is 0.656. The first kappa shape index (κ1) is 18.5. The van der Waals surface area contributed by atoms with Crippen molar-refractivity contribution in [3.05, 3.63) is 77.4 Å². The molecule has 1 saturated heterocycles. The van der Waals surface area contributed by atoms with Crippen LogP contribution in [0.4, 0.5) is 4.39 Å². The third kappa shape index (κ3) is 3.28. The lowest BCUT2D eigenvalue weighted by Crippen LogP contribution is -2.35. The van der Waals surface area contributed by atoms with E-state index >= 15 is 0 Å². The first-order chi connectivity index (χ1) is 14.1. The number of hydrogen-bond donors (Lipinski definition) is 0. The molecule has 2 heterocycles. The van der Waals surface area contributed by atoms with Crippen molar-refractivity contribution in [2.24, 2.45) is 0 Å². The highest BCUT2D eigenvalue weighted by Crippen LogP contribution is 2.42. The number of rotatable bonds is 4. The fourth-order valence-electron chi connectivity index (χ4n) is 5.14. The van der Waals surface area contributed by atoms with Gasteiger partial charge in [-0.25, -0.2) is 9.37 Å². The van der Waals surface area contributed by atoms with Crippen molar-refractivity contribution in [1.82, 2.24) is 14.8 Å². The SMILES string of the molecule is CN(C)[C@@H]1CN(C2CCc3cccc(F)c32)C[C@H]1c1ccc(-c2ncco2)cc1. The largest absolute Gasteiger partial charge is 0.445 e. The Kier molecular flexibility index (Phi) is 4.72. The molecule has 3 atom stereocenters. The molecule has 1 aliphatic carbocycles. The molecule has 2 aromatic carbocycles. The van der Waals surface area contributed by atoms with Crippen LogP contribution in [0.15, 0.2) is 59.3 Å². The van der Waals surface area contributed by atoms with Crippen molar-refractivity contribution >= 4 is 0 Å². The minimum absolute atomic E-state index is 0.0508. The normalized spacial score (nSPS) is 24.3. The highest BCUT2D eigenvalue weighted by Gasteiger charge is 2.41. The molecular formula is C24H26FN3O. The van der Waals surface area contributed by atoms with Gasteiger partial charge in [0.1, 0.15) is 12.1 Å². The van der Waals surface area contributed by atoms with Crippen molar-refractivity contribution < 1.29 is 8.81 Å². The average Bonchev–Trinajstić information content (AvgIpc) is 3.47. The number of aryl methyl sites for hydroxylation is 1. The van der Waals surface area contributed by atoms with Gasteiger partial charge in [-0.2, -0.15) is 0 Å². The molecule has 1 fully saturated rings. The van der Waals surface area contributed by atoms with Crippen LogP contribution in [0.5, 0.6) is 0 Å². The van der Waals surface area contributed by atoms with Gasteiger partial charge in [0.15, 0.2) is 0 Å². The lowest BCUT2D eigenvalue weighted by atomic mass is 9.93. The summed E-state index contributed by atoms with van der Waals surface area (Å²) in [6.45, 7) is 1.90.